The first kappa shape index (κ1) is 22.6. The van der Waals surface area contributed by atoms with E-state index in [1.54, 1.807) is 24.3 Å². The molecular formula is C19H22N4O7S. The molecule has 1 aromatic carbocycles. The van der Waals surface area contributed by atoms with Gasteiger partial charge in [-0.05, 0) is 23.3 Å². The van der Waals surface area contributed by atoms with E-state index in [-0.39, 0.29) is 18.8 Å². The third-order valence-electron chi connectivity index (χ3n) is 4.86. The molecule has 0 bridgehead atoms. The van der Waals surface area contributed by atoms with Gasteiger partial charge in [0, 0.05) is 18.6 Å². The summed E-state index contributed by atoms with van der Waals surface area (Å²) in [5.41, 5.74) is 7.45. The molecule has 0 aromatic heterocycles. The van der Waals surface area contributed by atoms with Crippen molar-refractivity contribution in [2.75, 3.05) is 31.3 Å². The van der Waals surface area contributed by atoms with Crippen LogP contribution in [0.4, 0.5) is 5.69 Å². The number of ether oxygens (including phenoxy) is 1. The van der Waals surface area contributed by atoms with Gasteiger partial charge in [0.15, 0.2) is 0 Å². The Morgan fingerprint density at radius 3 is 2.55 bits per heavy atom. The number of benzene rings is 1. The summed E-state index contributed by atoms with van der Waals surface area (Å²) >= 11 is 1.35. The van der Waals surface area contributed by atoms with Crippen molar-refractivity contribution >= 4 is 41.2 Å². The minimum Gasteiger partial charge on any atom is -0.480 e. The first-order chi connectivity index (χ1) is 14.7. The quantitative estimate of drug-likeness (QED) is 0.311. The summed E-state index contributed by atoms with van der Waals surface area (Å²) in [6, 6.07) is 4.43. The van der Waals surface area contributed by atoms with Gasteiger partial charge < -0.3 is 31.3 Å². The third kappa shape index (κ3) is 4.65. The highest BCUT2D eigenvalue weighted by atomic mass is 32.2. The summed E-state index contributed by atoms with van der Waals surface area (Å²) in [7, 11) is 1.44. The number of methoxy groups -OCH3 is 1. The van der Waals surface area contributed by atoms with Crippen LogP contribution in [0.3, 0.4) is 0 Å². The number of anilines is 1. The van der Waals surface area contributed by atoms with E-state index in [0.717, 1.165) is 0 Å². The van der Waals surface area contributed by atoms with Crippen LogP contribution in [0.5, 0.6) is 0 Å². The smallest absolute Gasteiger partial charge is 0.352 e. The number of rotatable bonds is 9. The van der Waals surface area contributed by atoms with Crippen molar-refractivity contribution in [1.82, 2.24) is 10.2 Å². The van der Waals surface area contributed by atoms with E-state index in [2.05, 4.69) is 10.6 Å². The molecule has 1 fully saturated rings. The summed E-state index contributed by atoms with van der Waals surface area (Å²) in [5, 5.41) is 23.0. The molecule has 0 saturated carbocycles. The molecule has 12 heteroatoms. The Labute approximate surface area is 181 Å². The molecule has 1 saturated heterocycles. The van der Waals surface area contributed by atoms with E-state index in [0.29, 0.717) is 22.6 Å². The predicted molar refractivity (Wildman–Crippen MR) is 111 cm³/mol. The highest BCUT2D eigenvalue weighted by Gasteiger charge is 2.54. The van der Waals surface area contributed by atoms with E-state index in [4.69, 9.17) is 15.6 Å². The van der Waals surface area contributed by atoms with Gasteiger partial charge in [0.25, 0.3) is 5.91 Å². The van der Waals surface area contributed by atoms with Gasteiger partial charge >= 0.3 is 11.9 Å². The van der Waals surface area contributed by atoms with Gasteiger partial charge in [0.05, 0.1) is 6.61 Å². The lowest BCUT2D eigenvalue weighted by Gasteiger charge is -2.49. The van der Waals surface area contributed by atoms with Crippen molar-refractivity contribution in [3.05, 3.63) is 41.1 Å². The summed E-state index contributed by atoms with van der Waals surface area (Å²) in [6.45, 7) is -0.144. The number of carboxylic acids is 2. The number of nitrogens with zero attached hydrogens (tertiary/aromatic N) is 1. The molecule has 31 heavy (non-hydrogen) atoms. The Morgan fingerprint density at radius 1 is 1.29 bits per heavy atom. The number of carboxylic acid groups (broad SMARTS) is 2. The van der Waals surface area contributed by atoms with E-state index in [9.17, 15) is 24.3 Å². The molecule has 2 heterocycles. The van der Waals surface area contributed by atoms with Crippen molar-refractivity contribution in [3.8, 4) is 0 Å². The first-order valence-electron chi connectivity index (χ1n) is 9.25. The summed E-state index contributed by atoms with van der Waals surface area (Å²) < 4.78 is 5.02. The Morgan fingerprint density at radius 2 is 1.97 bits per heavy atom. The molecule has 3 rings (SSSR count). The monoisotopic (exact) mass is 450 g/mol. The van der Waals surface area contributed by atoms with E-state index in [1.165, 1.54) is 23.8 Å². The second-order valence-electron chi connectivity index (χ2n) is 6.93. The molecule has 2 aliphatic heterocycles. The molecule has 11 nitrogen and oxygen atoms in total. The molecule has 166 valence electrons. The normalized spacial score (nSPS) is 21.1. The number of nitrogens with one attached hydrogen (secondary N) is 2. The van der Waals surface area contributed by atoms with Gasteiger partial charge in [0.2, 0.25) is 5.91 Å². The van der Waals surface area contributed by atoms with Crippen molar-refractivity contribution in [2.45, 2.75) is 17.5 Å². The lowest BCUT2D eigenvalue weighted by atomic mass is 10.0. The van der Waals surface area contributed by atoms with Crippen LogP contribution >= 0.6 is 11.8 Å². The lowest BCUT2D eigenvalue weighted by Crippen LogP contribution is -2.71. The Balaban J connectivity index is 1.64. The van der Waals surface area contributed by atoms with Gasteiger partial charge in [-0.15, -0.1) is 11.8 Å². The SMILES string of the molecule is COCC1=C(C(=O)O)N2C(=O)C(NC(=O)C(N)c3ccc(NCC(=O)O)cc3)[C@@H]2SC1. The van der Waals surface area contributed by atoms with Crippen molar-refractivity contribution in [3.63, 3.8) is 0 Å². The summed E-state index contributed by atoms with van der Waals surface area (Å²) in [6.07, 6.45) is 0. The molecule has 2 amide bonds. The fourth-order valence-electron chi connectivity index (χ4n) is 3.35. The maximum Gasteiger partial charge on any atom is 0.352 e. The number of fused-ring (bicyclic) bond motifs is 1. The zero-order valence-corrected chi connectivity index (χ0v) is 17.3. The van der Waals surface area contributed by atoms with Gasteiger partial charge in [-0.2, -0.15) is 0 Å². The lowest BCUT2D eigenvalue weighted by molar-refractivity contribution is -0.151. The van der Waals surface area contributed by atoms with E-state index in [1.807, 2.05) is 0 Å². The molecule has 0 radical (unpaired) electrons. The predicted octanol–water partition coefficient (Wildman–Crippen LogP) is -0.432. The Kier molecular flexibility index (Phi) is 6.83. The van der Waals surface area contributed by atoms with Crippen LogP contribution in [-0.2, 0) is 23.9 Å². The number of nitrogens with two attached hydrogens (primary N) is 1. The number of carbonyl (C=O) groups excluding carboxylic acids is 2. The molecule has 0 spiro atoms. The summed E-state index contributed by atoms with van der Waals surface area (Å²) in [5.74, 6) is -2.95. The number of thioether (sulfide) groups is 1. The van der Waals surface area contributed by atoms with E-state index < -0.39 is 41.2 Å². The fraction of sp³-hybridized carbons (Fsp3) is 0.368. The maximum absolute atomic E-state index is 12.6. The molecule has 3 atom stereocenters. The van der Waals surface area contributed by atoms with Crippen LogP contribution in [0.2, 0.25) is 0 Å². The van der Waals surface area contributed by atoms with Crippen molar-refractivity contribution in [2.24, 2.45) is 5.73 Å². The minimum atomic E-state index is -1.22. The largest absolute Gasteiger partial charge is 0.480 e. The average molecular weight is 450 g/mol. The number of amides is 2. The molecule has 6 N–H and O–H groups in total. The van der Waals surface area contributed by atoms with Crippen molar-refractivity contribution < 1.29 is 34.1 Å². The summed E-state index contributed by atoms with van der Waals surface area (Å²) in [4.78, 5) is 48.6. The average Bonchev–Trinajstić information content (AvgIpc) is 2.75. The Hall–Kier alpha value is -3.09. The highest BCUT2D eigenvalue weighted by molar-refractivity contribution is 8.00. The standard InChI is InChI=1S/C19H22N4O7S/c1-30-7-10-8-31-18-14(17(27)23(18)15(10)19(28)29)22-16(26)13(20)9-2-4-11(5-3-9)21-6-12(24)25/h2-5,13-14,18,21H,6-8,20H2,1H3,(H,22,26)(H,24,25)(H,28,29)/t13?,14?,18-/m0/s1. The molecule has 2 unspecified atom stereocenters. The molecule has 0 aliphatic carbocycles. The second-order valence-corrected chi connectivity index (χ2v) is 8.04. The highest BCUT2D eigenvalue weighted by Crippen LogP contribution is 2.40. The number of aliphatic carboxylic acids is 2. The van der Waals surface area contributed by atoms with Crippen LogP contribution in [0.1, 0.15) is 11.6 Å². The second kappa shape index (κ2) is 9.37. The van der Waals surface area contributed by atoms with Crippen LogP contribution < -0.4 is 16.4 Å². The zero-order valence-electron chi connectivity index (χ0n) is 16.5. The number of hydrogen-bond acceptors (Lipinski definition) is 8. The molecule has 1 aromatic rings. The fourth-order valence-corrected chi connectivity index (χ4v) is 4.68. The van der Waals surface area contributed by atoms with Gasteiger partial charge in [-0.25, -0.2) is 4.79 Å². The number of hydrogen-bond donors (Lipinski definition) is 5. The topological polar surface area (TPSA) is 171 Å². The van der Waals surface area contributed by atoms with E-state index >= 15 is 0 Å². The molecule has 2 aliphatic rings. The maximum atomic E-state index is 12.6. The van der Waals surface area contributed by atoms with Gasteiger partial charge in [-0.1, -0.05) is 12.1 Å². The van der Waals surface area contributed by atoms with Gasteiger partial charge in [0.1, 0.15) is 29.7 Å². The van der Waals surface area contributed by atoms with Crippen LogP contribution in [0.25, 0.3) is 0 Å². The number of β-lactam (4-membered cyclic amide) rings is 1. The number of carbonyl (C=O) groups is 4. The first-order valence-corrected chi connectivity index (χ1v) is 10.3. The van der Waals surface area contributed by atoms with Crippen molar-refractivity contribution in [1.29, 1.82) is 0 Å². The molecular weight excluding hydrogens is 428 g/mol. The van der Waals surface area contributed by atoms with Crippen LogP contribution in [0, 0.1) is 0 Å². The zero-order chi connectivity index (χ0) is 22.7. The Bertz CT molecular complexity index is 934. The van der Waals surface area contributed by atoms with Gasteiger partial charge in [-0.3, -0.25) is 19.3 Å². The third-order valence-corrected chi connectivity index (χ3v) is 6.20. The minimum absolute atomic E-state index is 0.102. The van der Waals surface area contributed by atoms with Crippen LogP contribution in [-0.4, -0.2) is 76.3 Å². The van der Waals surface area contributed by atoms with Crippen LogP contribution in [0.15, 0.2) is 35.5 Å².